The molecule has 0 aliphatic carbocycles. The van der Waals surface area contributed by atoms with Crippen molar-refractivity contribution in [2.45, 2.75) is 102 Å². The van der Waals surface area contributed by atoms with E-state index in [1.54, 1.807) is 7.05 Å². The fourth-order valence-corrected chi connectivity index (χ4v) is 2.28. The third-order valence-corrected chi connectivity index (χ3v) is 4.14. The van der Waals surface area contributed by atoms with Crippen molar-refractivity contribution in [1.82, 2.24) is 10.2 Å². The van der Waals surface area contributed by atoms with Gasteiger partial charge in [0.05, 0.1) is 32.0 Å². The van der Waals surface area contributed by atoms with Gasteiger partial charge in [0.1, 0.15) is 5.78 Å². The molecule has 0 rings (SSSR count). The molecule has 2 amide bonds. The van der Waals surface area contributed by atoms with Crippen LogP contribution in [0.15, 0.2) is 0 Å². The van der Waals surface area contributed by atoms with Crippen molar-refractivity contribution in [3.05, 3.63) is 0 Å². The molecule has 0 heterocycles. The molecule has 0 aliphatic rings. The van der Waals surface area contributed by atoms with Crippen molar-refractivity contribution in [2.75, 3.05) is 40.0 Å². The van der Waals surface area contributed by atoms with Gasteiger partial charge >= 0.3 is 0 Å². The van der Waals surface area contributed by atoms with E-state index in [0.29, 0.717) is 26.4 Å². The molecule has 0 spiro atoms. The molecule has 0 radical (unpaired) electrons. The SMILES string of the molecule is CC.CC.CC(=O)CCC(=O)N(C)CC(=O)NCC(C)(C)COCC(C)(C)COC(C)(C)C. The predicted molar refractivity (Wildman–Crippen MR) is 137 cm³/mol. The second-order valence-corrected chi connectivity index (χ2v) is 10.5. The molecule has 7 nitrogen and oxygen atoms in total. The molecule has 7 heteroatoms. The highest BCUT2D eigenvalue weighted by molar-refractivity contribution is 5.87. The van der Waals surface area contributed by atoms with Crippen LogP contribution in [-0.2, 0) is 23.9 Å². The maximum Gasteiger partial charge on any atom is 0.239 e. The van der Waals surface area contributed by atoms with Crippen LogP contribution in [0.5, 0.6) is 0 Å². The number of carbonyl (C=O) groups excluding carboxylic acids is 3. The highest BCUT2D eigenvalue weighted by Crippen LogP contribution is 2.22. The first-order valence-electron chi connectivity index (χ1n) is 12.2. The summed E-state index contributed by atoms with van der Waals surface area (Å²) in [6.45, 7) is 25.9. The number of ether oxygens (including phenoxy) is 2. The Morgan fingerprint density at radius 3 is 1.73 bits per heavy atom. The number of amides is 2. The summed E-state index contributed by atoms with van der Waals surface area (Å²) < 4.78 is 11.8. The largest absolute Gasteiger partial charge is 0.380 e. The van der Waals surface area contributed by atoms with Crippen molar-refractivity contribution in [3.8, 4) is 0 Å². The molecule has 198 valence electrons. The Kier molecular flexibility index (Phi) is 19.6. The van der Waals surface area contributed by atoms with E-state index in [-0.39, 0.29) is 53.4 Å². The Hall–Kier alpha value is -1.47. The first kappa shape index (κ1) is 36.1. The molecule has 0 aliphatic heterocycles. The van der Waals surface area contributed by atoms with Gasteiger partial charge in [0.15, 0.2) is 0 Å². The van der Waals surface area contributed by atoms with Gasteiger partial charge < -0.3 is 24.5 Å². The fourth-order valence-electron chi connectivity index (χ4n) is 2.28. The summed E-state index contributed by atoms with van der Waals surface area (Å²) in [5.41, 5.74) is -0.523. The van der Waals surface area contributed by atoms with Gasteiger partial charge in [0.2, 0.25) is 11.8 Å². The normalized spacial score (nSPS) is 11.4. The average molecular weight is 475 g/mol. The zero-order valence-electron chi connectivity index (χ0n) is 23.9. The molecule has 0 saturated carbocycles. The number of likely N-dealkylation sites (N-methyl/N-ethyl adjacent to an activating group) is 1. The summed E-state index contributed by atoms with van der Waals surface area (Å²) in [7, 11) is 1.57. The van der Waals surface area contributed by atoms with Crippen LogP contribution in [0.1, 0.15) is 95.9 Å². The van der Waals surface area contributed by atoms with Crippen LogP contribution >= 0.6 is 0 Å². The van der Waals surface area contributed by atoms with E-state index in [1.807, 2.05) is 62.3 Å². The van der Waals surface area contributed by atoms with Crippen LogP contribution in [0, 0.1) is 10.8 Å². The summed E-state index contributed by atoms with van der Waals surface area (Å²) in [6.07, 6.45) is 0.333. The Morgan fingerprint density at radius 2 is 1.27 bits per heavy atom. The van der Waals surface area contributed by atoms with E-state index in [0.717, 1.165) is 0 Å². The number of ketones is 1. The van der Waals surface area contributed by atoms with Gasteiger partial charge in [-0.3, -0.25) is 9.59 Å². The second-order valence-electron chi connectivity index (χ2n) is 10.5. The number of nitrogens with zero attached hydrogens (tertiary/aromatic N) is 1. The van der Waals surface area contributed by atoms with Crippen molar-refractivity contribution in [1.29, 1.82) is 0 Å². The van der Waals surface area contributed by atoms with Gasteiger partial charge in [-0.1, -0.05) is 55.4 Å². The summed E-state index contributed by atoms with van der Waals surface area (Å²) in [5, 5.41) is 2.86. The molecule has 0 unspecified atom stereocenters. The maximum atomic E-state index is 12.1. The van der Waals surface area contributed by atoms with Crippen LogP contribution in [-0.4, -0.2) is 68.1 Å². The summed E-state index contributed by atoms with van der Waals surface area (Å²) >= 11 is 0. The van der Waals surface area contributed by atoms with Crippen molar-refractivity contribution < 1.29 is 23.9 Å². The van der Waals surface area contributed by atoms with Crippen LogP contribution in [0.4, 0.5) is 0 Å². The number of hydrogen-bond donors (Lipinski definition) is 1. The molecular weight excluding hydrogens is 420 g/mol. The van der Waals surface area contributed by atoms with E-state index in [9.17, 15) is 14.4 Å². The highest BCUT2D eigenvalue weighted by atomic mass is 16.5. The molecule has 0 atom stereocenters. The minimum absolute atomic E-state index is 0.0230. The lowest BCUT2D eigenvalue weighted by Gasteiger charge is -2.31. The molecule has 0 aromatic heterocycles. The van der Waals surface area contributed by atoms with Crippen LogP contribution in [0.2, 0.25) is 0 Å². The number of Topliss-reactive ketones (excluding diaryl/α,β-unsaturated/α-hetero) is 1. The van der Waals surface area contributed by atoms with E-state index in [4.69, 9.17) is 9.47 Å². The van der Waals surface area contributed by atoms with Crippen LogP contribution in [0.3, 0.4) is 0 Å². The third-order valence-electron chi connectivity index (χ3n) is 4.14. The average Bonchev–Trinajstić information content (AvgIpc) is 2.71. The smallest absolute Gasteiger partial charge is 0.239 e. The van der Waals surface area contributed by atoms with Crippen molar-refractivity contribution in [3.63, 3.8) is 0 Å². The quantitative estimate of drug-likeness (QED) is 0.412. The maximum absolute atomic E-state index is 12.1. The Labute approximate surface area is 204 Å². The summed E-state index contributed by atoms with van der Waals surface area (Å²) in [6, 6.07) is 0. The lowest BCUT2D eigenvalue weighted by molar-refractivity contribution is -0.135. The minimum Gasteiger partial charge on any atom is -0.380 e. The van der Waals surface area contributed by atoms with Gasteiger partial charge in [-0.2, -0.15) is 0 Å². The molecule has 0 saturated heterocycles. The Morgan fingerprint density at radius 1 is 0.788 bits per heavy atom. The zero-order valence-corrected chi connectivity index (χ0v) is 23.9. The molecule has 1 N–H and O–H groups in total. The number of rotatable bonds is 13. The fraction of sp³-hybridized carbons (Fsp3) is 0.885. The van der Waals surface area contributed by atoms with Gasteiger partial charge in [0.25, 0.3) is 0 Å². The van der Waals surface area contributed by atoms with E-state index in [1.165, 1.54) is 11.8 Å². The third kappa shape index (κ3) is 23.5. The first-order valence-corrected chi connectivity index (χ1v) is 12.2. The summed E-state index contributed by atoms with van der Waals surface area (Å²) in [4.78, 5) is 36.3. The van der Waals surface area contributed by atoms with Gasteiger partial charge in [-0.05, 0) is 27.7 Å². The molecule has 0 fully saturated rings. The Bertz CT molecular complexity index is 551. The lowest BCUT2D eigenvalue weighted by Crippen LogP contribution is -2.43. The van der Waals surface area contributed by atoms with Crippen LogP contribution < -0.4 is 5.32 Å². The van der Waals surface area contributed by atoms with E-state index in [2.05, 4.69) is 19.2 Å². The molecule has 0 aromatic rings. The topological polar surface area (TPSA) is 84.9 Å². The second kappa shape index (κ2) is 17.9. The number of carbonyl (C=O) groups is 3. The van der Waals surface area contributed by atoms with Gasteiger partial charge in [-0.25, -0.2) is 0 Å². The number of nitrogens with one attached hydrogen (secondary N) is 1. The lowest BCUT2D eigenvalue weighted by atomic mass is 9.93. The van der Waals surface area contributed by atoms with Crippen molar-refractivity contribution >= 4 is 17.6 Å². The molecule has 0 aromatic carbocycles. The Balaban J connectivity index is -0.00000212. The van der Waals surface area contributed by atoms with Crippen LogP contribution in [0.25, 0.3) is 0 Å². The number of hydrogen-bond acceptors (Lipinski definition) is 5. The zero-order chi connectivity index (χ0) is 26.9. The molecular formula is C26H54N2O5. The highest BCUT2D eigenvalue weighted by Gasteiger charge is 2.25. The predicted octanol–water partition coefficient (Wildman–Crippen LogP) is 4.87. The first-order chi connectivity index (χ1) is 15.0. The van der Waals surface area contributed by atoms with E-state index >= 15 is 0 Å². The standard InChI is InChI=1S/C22H42N2O5.2C2H6/c1-17(25)10-11-19(27)24(9)12-18(26)23-13-21(5,6)14-28-15-22(7,8)16-29-20(2,3)4;2*1-2/h10-16H2,1-9H3,(H,23,26);2*1-2H3. The summed E-state index contributed by atoms with van der Waals surface area (Å²) in [5.74, 6) is -0.473. The van der Waals surface area contributed by atoms with Crippen molar-refractivity contribution in [2.24, 2.45) is 10.8 Å². The minimum atomic E-state index is -0.242. The molecule has 0 bridgehead atoms. The molecule has 33 heavy (non-hydrogen) atoms. The van der Waals surface area contributed by atoms with Gasteiger partial charge in [-0.15, -0.1) is 0 Å². The monoisotopic (exact) mass is 474 g/mol. The van der Waals surface area contributed by atoms with Gasteiger partial charge in [0, 0.05) is 37.3 Å². The van der Waals surface area contributed by atoms with E-state index < -0.39 is 0 Å².